The van der Waals surface area contributed by atoms with Crippen molar-refractivity contribution < 1.29 is 19.0 Å². The lowest BCUT2D eigenvalue weighted by Crippen LogP contribution is -2.32. The van der Waals surface area contributed by atoms with Gasteiger partial charge in [0.05, 0.1) is 7.11 Å². The average Bonchev–Trinajstić information content (AvgIpc) is 2.28. The number of rotatable bonds is 4. The van der Waals surface area contributed by atoms with Gasteiger partial charge in [0.2, 0.25) is 0 Å². The molecular weight excluding hydrogens is 213 g/mol. The Morgan fingerprint density at radius 1 is 1.50 bits per heavy atom. The van der Waals surface area contributed by atoms with Gasteiger partial charge in [-0.05, 0) is 17.7 Å². The summed E-state index contributed by atoms with van der Waals surface area (Å²) in [6.45, 7) is 0. The summed E-state index contributed by atoms with van der Waals surface area (Å²) in [7, 11) is 1.20. The van der Waals surface area contributed by atoms with E-state index < -0.39 is 18.2 Å². The first kappa shape index (κ1) is 12.4. The maximum atomic E-state index is 13.6. The number of phenolic OH excluding ortho intramolecular Hbond substituents is 1. The largest absolute Gasteiger partial charge is 0.508 e. The molecule has 0 radical (unpaired) electrons. The molecule has 0 amide bonds. The second-order valence-corrected chi connectivity index (χ2v) is 3.42. The molecule has 0 fully saturated rings. The van der Waals surface area contributed by atoms with Gasteiger partial charge in [-0.1, -0.05) is 12.1 Å². The molecule has 1 aromatic carbocycles. The quantitative estimate of drug-likeness (QED) is 0.760. The van der Waals surface area contributed by atoms with Crippen LogP contribution in [0.5, 0.6) is 5.75 Å². The third kappa shape index (κ3) is 3.20. The molecule has 2 unspecified atom stereocenters. The topological polar surface area (TPSA) is 72.5 Å². The van der Waals surface area contributed by atoms with E-state index in [-0.39, 0.29) is 12.2 Å². The summed E-state index contributed by atoms with van der Waals surface area (Å²) in [5.41, 5.74) is 5.80. The van der Waals surface area contributed by atoms with Crippen molar-refractivity contribution in [3.63, 3.8) is 0 Å². The molecule has 0 aliphatic rings. The number of hydrogen-bond acceptors (Lipinski definition) is 4. The number of phenols is 1. The van der Waals surface area contributed by atoms with Crippen LogP contribution in [0.1, 0.15) is 18.2 Å². The van der Waals surface area contributed by atoms with Gasteiger partial charge in [-0.3, -0.25) is 4.79 Å². The molecule has 1 aromatic rings. The predicted molar refractivity (Wildman–Crippen MR) is 56.6 cm³/mol. The van der Waals surface area contributed by atoms with Crippen LogP contribution in [0.2, 0.25) is 0 Å². The number of halogens is 1. The first-order valence-electron chi connectivity index (χ1n) is 4.81. The maximum Gasteiger partial charge on any atom is 0.322 e. The van der Waals surface area contributed by atoms with E-state index in [0.717, 1.165) is 0 Å². The lowest BCUT2D eigenvalue weighted by Gasteiger charge is -2.13. The average molecular weight is 227 g/mol. The Kier molecular flexibility index (Phi) is 4.25. The summed E-state index contributed by atoms with van der Waals surface area (Å²) in [4.78, 5) is 11.0. The van der Waals surface area contributed by atoms with Crippen molar-refractivity contribution >= 4 is 5.97 Å². The Bertz CT molecular complexity index is 353. The second kappa shape index (κ2) is 5.46. The fourth-order valence-electron chi connectivity index (χ4n) is 1.29. The molecular formula is C11H14FNO3. The first-order chi connectivity index (χ1) is 7.54. The van der Waals surface area contributed by atoms with Crippen molar-refractivity contribution in [3.05, 3.63) is 29.8 Å². The zero-order chi connectivity index (χ0) is 12.1. The molecule has 0 saturated heterocycles. The lowest BCUT2D eigenvalue weighted by atomic mass is 10.0. The Morgan fingerprint density at radius 3 is 2.56 bits per heavy atom. The molecule has 0 spiro atoms. The molecule has 2 atom stereocenters. The van der Waals surface area contributed by atoms with Gasteiger partial charge in [-0.15, -0.1) is 0 Å². The Labute approximate surface area is 92.8 Å². The predicted octanol–water partition coefficient (Wildman–Crippen LogP) is 1.29. The number of nitrogens with two attached hydrogens (primary N) is 1. The summed E-state index contributed by atoms with van der Waals surface area (Å²) in [5.74, 6) is -0.574. The van der Waals surface area contributed by atoms with E-state index in [1.54, 1.807) is 0 Å². The SMILES string of the molecule is COC(=O)C(N)CC(F)c1ccc(O)cc1. The number of ether oxygens (including phenoxy) is 1. The van der Waals surface area contributed by atoms with Gasteiger partial charge in [-0.25, -0.2) is 4.39 Å². The molecule has 0 aliphatic carbocycles. The van der Waals surface area contributed by atoms with E-state index >= 15 is 0 Å². The third-order valence-electron chi connectivity index (χ3n) is 2.22. The highest BCUT2D eigenvalue weighted by Crippen LogP contribution is 2.24. The first-order valence-corrected chi connectivity index (χ1v) is 4.81. The zero-order valence-electron chi connectivity index (χ0n) is 8.89. The van der Waals surface area contributed by atoms with Crippen LogP contribution in [0, 0.1) is 0 Å². The van der Waals surface area contributed by atoms with E-state index in [4.69, 9.17) is 10.8 Å². The third-order valence-corrected chi connectivity index (χ3v) is 2.22. The van der Waals surface area contributed by atoms with Gasteiger partial charge < -0.3 is 15.6 Å². The Hall–Kier alpha value is -1.62. The summed E-state index contributed by atoms with van der Waals surface area (Å²) in [6.07, 6.45) is -1.49. The molecule has 0 saturated carbocycles. The van der Waals surface area contributed by atoms with Crippen LogP contribution in [0.3, 0.4) is 0 Å². The van der Waals surface area contributed by atoms with Crippen molar-refractivity contribution in [2.24, 2.45) is 5.73 Å². The Morgan fingerprint density at radius 2 is 2.06 bits per heavy atom. The van der Waals surface area contributed by atoms with Crippen LogP contribution in [0.4, 0.5) is 4.39 Å². The van der Waals surface area contributed by atoms with E-state index in [2.05, 4.69) is 4.74 Å². The maximum absolute atomic E-state index is 13.6. The summed E-state index contributed by atoms with van der Waals surface area (Å²) < 4.78 is 18.0. The number of benzene rings is 1. The van der Waals surface area contributed by atoms with Crippen LogP contribution in [0.15, 0.2) is 24.3 Å². The van der Waals surface area contributed by atoms with E-state index in [1.165, 1.54) is 31.4 Å². The smallest absolute Gasteiger partial charge is 0.322 e. The number of carbonyl (C=O) groups excluding carboxylic acids is 1. The standard InChI is InChI=1S/C11H14FNO3/c1-16-11(15)10(13)6-9(12)7-2-4-8(14)5-3-7/h2-5,9-10,14H,6,13H2,1H3. The molecule has 5 heteroatoms. The highest BCUT2D eigenvalue weighted by atomic mass is 19.1. The van der Waals surface area contributed by atoms with E-state index in [1.807, 2.05) is 0 Å². The molecule has 0 aliphatic heterocycles. The van der Waals surface area contributed by atoms with E-state index in [9.17, 15) is 9.18 Å². The molecule has 16 heavy (non-hydrogen) atoms. The molecule has 1 rings (SSSR count). The summed E-state index contributed by atoms with van der Waals surface area (Å²) >= 11 is 0. The number of esters is 1. The molecule has 4 nitrogen and oxygen atoms in total. The molecule has 0 heterocycles. The number of methoxy groups -OCH3 is 1. The van der Waals surface area contributed by atoms with Gasteiger partial charge in [0.1, 0.15) is 18.0 Å². The number of aromatic hydroxyl groups is 1. The monoisotopic (exact) mass is 227 g/mol. The van der Waals surface area contributed by atoms with Crippen LogP contribution < -0.4 is 5.73 Å². The van der Waals surface area contributed by atoms with Gasteiger partial charge in [0.15, 0.2) is 0 Å². The van der Waals surface area contributed by atoms with Gasteiger partial charge in [0.25, 0.3) is 0 Å². The fourth-order valence-corrected chi connectivity index (χ4v) is 1.29. The van der Waals surface area contributed by atoms with Gasteiger partial charge in [0, 0.05) is 6.42 Å². The molecule has 0 bridgehead atoms. The highest BCUT2D eigenvalue weighted by Gasteiger charge is 2.20. The van der Waals surface area contributed by atoms with Crippen molar-refractivity contribution in [1.29, 1.82) is 0 Å². The number of alkyl halides is 1. The summed E-state index contributed by atoms with van der Waals surface area (Å²) in [5, 5.41) is 9.03. The summed E-state index contributed by atoms with van der Waals surface area (Å²) in [6, 6.07) is 4.68. The van der Waals surface area contributed by atoms with Crippen molar-refractivity contribution in [2.45, 2.75) is 18.6 Å². The number of hydrogen-bond donors (Lipinski definition) is 2. The van der Waals surface area contributed by atoms with Crippen LogP contribution >= 0.6 is 0 Å². The van der Waals surface area contributed by atoms with Crippen LogP contribution in [-0.4, -0.2) is 24.2 Å². The van der Waals surface area contributed by atoms with E-state index in [0.29, 0.717) is 5.56 Å². The fraction of sp³-hybridized carbons (Fsp3) is 0.364. The minimum absolute atomic E-state index is 0.0632. The Balaban J connectivity index is 2.61. The van der Waals surface area contributed by atoms with Crippen molar-refractivity contribution in [2.75, 3.05) is 7.11 Å². The lowest BCUT2D eigenvalue weighted by molar-refractivity contribution is -0.142. The molecule has 3 N–H and O–H groups in total. The zero-order valence-corrected chi connectivity index (χ0v) is 8.89. The molecule has 0 aromatic heterocycles. The molecule has 88 valence electrons. The van der Waals surface area contributed by atoms with Gasteiger partial charge in [-0.2, -0.15) is 0 Å². The number of carbonyl (C=O) groups is 1. The van der Waals surface area contributed by atoms with Crippen molar-refractivity contribution in [1.82, 2.24) is 0 Å². The van der Waals surface area contributed by atoms with Crippen LogP contribution in [0.25, 0.3) is 0 Å². The minimum atomic E-state index is -1.35. The highest BCUT2D eigenvalue weighted by molar-refractivity contribution is 5.75. The van der Waals surface area contributed by atoms with Crippen LogP contribution in [-0.2, 0) is 9.53 Å². The normalized spacial score (nSPS) is 14.2. The second-order valence-electron chi connectivity index (χ2n) is 3.42. The van der Waals surface area contributed by atoms with Crippen molar-refractivity contribution in [3.8, 4) is 5.75 Å². The minimum Gasteiger partial charge on any atom is -0.508 e. The van der Waals surface area contributed by atoms with Gasteiger partial charge >= 0.3 is 5.97 Å².